The molecule has 0 spiro atoms. The normalized spacial score (nSPS) is 15.9. The first-order valence-electron chi connectivity index (χ1n) is 8.66. The summed E-state index contributed by atoms with van der Waals surface area (Å²) in [6.07, 6.45) is 6.35. The first-order chi connectivity index (χ1) is 12.7. The molecule has 1 N–H and O–H groups in total. The van der Waals surface area contributed by atoms with E-state index in [4.69, 9.17) is 9.47 Å². The number of hydrogen-bond donors (Lipinski definition) is 1. The molecule has 0 fully saturated rings. The summed E-state index contributed by atoms with van der Waals surface area (Å²) in [5.41, 5.74) is 0.526. The number of para-hydroxylation sites is 3. The van der Waals surface area contributed by atoms with Gasteiger partial charge in [0, 0.05) is 0 Å². The number of carbonyl (C=O) groups is 2. The van der Waals surface area contributed by atoms with Crippen molar-refractivity contribution in [2.75, 3.05) is 11.9 Å². The van der Waals surface area contributed by atoms with E-state index < -0.39 is 5.91 Å². The third-order valence-electron chi connectivity index (χ3n) is 4.08. The molecule has 0 radical (unpaired) electrons. The number of esters is 1. The van der Waals surface area contributed by atoms with Gasteiger partial charge in [-0.1, -0.05) is 42.5 Å². The monoisotopic (exact) mass is 351 g/mol. The fraction of sp³-hybridized carbons (Fsp3) is 0.238. The van der Waals surface area contributed by atoms with Crippen molar-refractivity contribution in [2.45, 2.75) is 19.3 Å². The van der Waals surface area contributed by atoms with E-state index in [9.17, 15) is 9.59 Å². The maximum atomic E-state index is 12.1. The second-order valence-electron chi connectivity index (χ2n) is 6.05. The highest BCUT2D eigenvalue weighted by Crippen LogP contribution is 2.29. The SMILES string of the molecule is O=C(COC(=O)[C@H]1CC=CCC1)Nc1ccccc1Oc1ccccc1. The molecule has 1 atom stereocenters. The molecule has 134 valence electrons. The Hall–Kier alpha value is -3.08. The molecule has 5 heteroatoms. The maximum Gasteiger partial charge on any atom is 0.309 e. The van der Waals surface area contributed by atoms with E-state index in [1.54, 1.807) is 18.2 Å². The topological polar surface area (TPSA) is 64.6 Å². The number of ether oxygens (including phenoxy) is 2. The Morgan fingerprint density at radius 1 is 1.00 bits per heavy atom. The van der Waals surface area contributed by atoms with Crippen molar-refractivity contribution in [1.82, 2.24) is 0 Å². The van der Waals surface area contributed by atoms with Crippen molar-refractivity contribution in [2.24, 2.45) is 5.92 Å². The van der Waals surface area contributed by atoms with Gasteiger partial charge in [0.1, 0.15) is 5.75 Å². The zero-order valence-corrected chi connectivity index (χ0v) is 14.4. The number of allylic oxidation sites excluding steroid dienone is 2. The van der Waals surface area contributed by atoms with Crippen LogP contribution in [-0.2, 0) is 14.3 Å². The number of carbonyl (C=O) groups excluding carboxylic acids is 2. The van der Waals surface area contributed by atoms with Crippen LogP contribution in [0.25, 0.3) is 0 Å². The van der Waals surface area contributed by atoms with Gasteiger partial charge in [-0.2, -0.15) is 0 Å². The maximum absolute atomic E-state index is 12.1. The van der Waals surface area contributed by atoms with Crippen LogP contribution in [0.2, 0.25) is 0 Å². The van der Waals surface area contributed by atoms with E-state index in [0.29, 0.717) is 23.6 Å². The molecule has 1 aliphatic rings. The molecule has 5 nitrogen and oxygen atoms in total. The lowest BCUT2D eigenvalue weighted by atomic mass is 9.95. The summed E-state index contributed by atoms with van der Waals surface area (Å²) in [6, 6.07) is 16.4. The summed E-state index contributed by atoms with van der Waals surface area (Å²) >= 11 is 0. The van der Waals surface area contributed by atoms with E-state index in [1.165, 1.54) is 0 Å². The lowest BCUT2D eigenvalue weighted by Crippen LogP contribution is -2.25. The van der Waals surface area contributed by atoms with Crippen molar-refractivity contribution >= 4 is 17.6 Å². The zero-order valence-electron chi connectivity index (χ0n) is 14.4. The van der Waals surface area contributed by atoms with E-state index in [-0.39, 0.29) is 18.5 Å². The second kappa shape index (κ2) is 8.85. The molecule has 26 heavy (non-hydrogen) atoms. The van der Waals surface area contributed by atoms with Gasteiger partial charge >= 0.3 is 5.97 Å². The summed E-state index contributed by atoms with van der Waals surface area (Å²) in [7, 11) is 0. The molecule has 3 rings (SSSR count). The fourth-order valence-corrected chi connectivity index (χ4v) is 2.72. The molecule has 0 heterocycles. The number of amides is 1. The Kier molecular flexibility index (Phi) is 6.04. The van der Waals surface area contributed by atoms with Gasteiger partial charge in [0.05, 0.1) is 11.6 Å². The van der Waals surface area contributed by atoms with E-state index in [0.717, 1.165) is 12.8 Å². The molecule has 0 unspecified atom stereocenters. The molecule has 0 bridgehead atoms. The van der Waals surface area contributed by atoms with Gasteiger partial charge in [-0.15, -0.1) is 0 Å². The van der Waals surface area contributed by atoms with Crippen LogP contribution in [0.3, 0.4) is 0 Å². The Morgan fingerprint density at radius 2 is 1.77 bits per heavy atom. The Balaban J connectivity index is 1.55. The molecule has 1 aliphatic carbocycles. The number of nitrogens with one attached hydrogen (secondary N) is 1. The summed E-state index contributed by atoms with van der Waals surface area (Å²) in [4.78, 5) is 24.1. The van der Waals surface area contributed by atoms with Gasteiger partial charge in [-0.3, -0.25) is 9.59 Å². The van der Waals surface area contributed by atoms with Crippen LogP contribution in [0.4, 0.5) is 5.69 Å². The summed E-state index contributed by atoms with van der Waals surface area (Å²) in [5.74, 6) is 0.329. The van der Waals surface area contributed by atoms with Crippen LogP contribution in [0.5, 0.6) is 11.5 Å². The van der Waals surface area contributed by atoms with E-state index in [1.807, 2.05) is 42.5 Å². The largest absolute Gasteiger partial charge is 0.455 e. The summed E-state index contributed by atoms with van der Waals surface area (Å²) in [5, 5.41) is 2.73. The summed E-state index contributed by atoms with van der Waals surface area (Å²) in [6.45, 7) is -0.307. The quantitative estimate of drug-likeness (QED) is 0.622. The van der Waals surface area contributed by atoms with Gasteiger partial charge in [-0.05, 0) is 43.5 Å². The molecule has 0 aromatic heterocycles. The summed E-state index contributed by atoms with van der Waals surface area (Å²) < 4.78 is 10.9. The van der Waals surface area contributed by atoms with Crippen LogP contribution >= 0.6 is 0 Å². The van der Waals surface area contributed by atoms with E-state index >= 15 is 0 Å². The van der Waals surface area contributed by atoms with Crippen molar-refractivity contribution in [1.29, 1.82) is 0 Å². The van der Waals surface area contributed by atoms with Crippen LogP contribution < -0.4 is 10.1 Å². The van der Waals surface area contributed by atoms with Gasteiger partial charge < -0.3 is 14.8 Å². The first-order valence-corrected chi connectivity index (χ1v) is 8.66. The molecular weight excluding hydrogens is 330 g/mol. The predicted molar refractivity (Wildman–Crippen MR) is 99.0 cm³/mol. The third kappa shape index (κ3) is 4.96. The van der Waals surface area contributed by atoms with Crippen LogP contribution in [-0.4, -0.2) is 18.5 Å². The Labute approximate surface area is 152 Å². The molecule has 2 aromatic rings. The highest BCUT2D eigenvalue weighted by Gasteiger charge is 2.21. The van der Waals surface area contributed by atoms with Gasteiger partial charge in [0.2, 0.25) is 0 Å². The fourth-order valence-electron chi connectivity index (χ4n) is 2.72. The molecule has 2 aromatic carbocycles. The minimum atomic E-state index is -0.395. The smallest absolute Gasteiger partial charge is 0.309 e. The van der Waals surface area contributed by atoms with Crippen LogP contribution in [0, 0.1) is 5.92 Å². The van der Waals surface area contributed by atoms with Gasteiger partial charge in [0.25, 0.3) is 5.91 Å². The second-order valence-corrected chi connectivity index (χ2v) is 6.05. The number of hydrogen-bond acceptors (Lipinski definition) is 4. The average Bonchev–Trinajstić information content (AvgIpc) is 2.69. The zero-order chi connectivity index (χ0) is 18.2. The lowest BCUT2D eigenvalue weighted by molar-refractivity contribution is -0.151. The van der Waals surface area contributed by atoms with Crippen molar-refractivity contribution in [3.05, 3.63) is 66.7 Å². The minimum absolute atomic E-state index is 0.151. The molecule has 0 saturated carbocycles. The van der Waals surface area contributed by atoms with Crippen LogP contribution in [0.1, 0.15) is 19.3 Å². The molecular formula is C21H21NO4. The standard InChI is InChI=1S/C21H21NO4/c23-20(15-25-21(24)16-9-3-1-4-10-16)22-18-13-7-8-14-19(18)26-17-11-5-2-6-12-17/h1-3,5-8,11-14,16H,4,9-10,15H2,(H,22,23)/t16-/m0/s1. The predicted octanol–water partition coefficient (Wildman–Crippen LogP) is 4.32. The number of benzene rings is 2. The number of anilines is 1. The van der Waals surface area contributed by atoms with Crippen molar-refractivity contribution < 1.29 is 19.1 Å². The van der Waals surface area contributed by atoms with Crippen LogP contribution in [0.15, 0.2) is 66.7 Å². The van der Waals surface area contributed by atoms with Crippen molar-refractivity contribution in [3.8, 4) is 11.5 Å². The van der Waals surface area contributed by atoms with Crippen molar-refractivity contribution in [3.63, 3.8) is 0 Å². The molecule has 0 aliphatic heterocycles. The van der Waals surface area contributed by atoms with Gasteiger partial charge in [-0.25, -0.2) is 0 Å². The Bertz CT molecular complexity index is 786. The average molecular weight is 351 g/mol. The molecule has 0 saturated heterocycles. The highest BCUT2D eigenvalue weighted by molar-refractivity contribution is 5.94. The van der Waals surface area contributed by atoms with E-state index in [2.05, 4.69) is 11.4 Å². The number of rotatable bonds is 6. The minimum Gasteiger partial charge on any atom is -0.455 e. The molecule has 1 amide bonds. The third-order valence-corrected chi connectivity index (χ3v) is 4.08. The lowest BCUT2D eigenvalue weighted by Gasteiger charge is -2.16. The Morgan fingerprint density at radius 3 is 2.54 bits per heavy atom. The highest BCUT2D eigenvalue weighted by atomic mass is 16.5. The van der Waals surface area contributed by atoms with Gasteiger partial charge in [0.15, 0.2) is 12.4 Å². The first kappa shape index (κ1) is 17.7.